The minimum Gasteiger partial charge on any atom is -0.298 e. The molecule has 0 fully saturated rings. The van der Waals surface area contributed by atoms with Gasteiger partial charge in [0.1, 0.15) is 5.15 Å². The second kappa shape index (κ2) is 4.57. The average molecular weight is 320 g/mol. The summed E-state index contributed by atoms with van der Waals surface area (Å²) in [6.07, 6.45) is 0.588. The summed E-state index contributed by atoms with van der Waals surface area (Å²) < 4.78 is 2.23. The van der Waals surface area contributed by atoms with Crippen LogP contribution in [0.2, 0.25) is 10.3 Å². The fourth-order valence-electron chi connectivity index (χ4n) is 1.27. The highest BCUT2D eigenvalue weighted by atomic mass is 79.9. The Labute approximate surface area is 110 Å². The van der Waals surface area contributed by atoms with Gasteiger partial charge in [0.2, 0.25) is 0 Å². The molecular weight excluding hydrogens is 315 g/mol. The molecule has 82 valence electrons. The summed E-state index contributed by atoms with van der Waals surface area (Å²) in [7, 11) is 0. The average Bonchev–Trinajstić information content (AvgIpc) is 2.55. The van der Waals surface area contributed by atoms with E-state index in [4.69, 9.17) is 23.2 Å². The number of para-hydroxylation sites is 1. The number of hydrogen-bond acceptors (Lipinski definition) is 2. The Morgan fingerprint density at radius 2 is 2.00 bits per heavy atom. The van der Waals surface area contributed by atoms with Crippen molar-refractivity contribution in [2.24, 2.45) is 0 Å². The molecule has 0 spiro atoms. The summed E-state index contributed by atoms with van der Waals surface area (Å²) in [4.78, 5) is 10.7. The van der Waals surface area contributed by atoms with Gasteiger partial charge in [-0.05, 0) is 28.1 Å². The van der Waals surface area contributed by atoms with Gasteiger partial charge in [-0.15, -0.1) is 0 Å². The molecule has 0 atom stereocenters. The lowest BCUT2D eigenvalue weighted by atomic mass is 10.3. The van der Waals surface area contributed by atoms with Crippen molar-refractivity contribution in [2.45, 2.75) is 0 Å². The molecule has 1 aromatic heterocycles. The van der Waals surface area contributed by atoms with E-state index in [2.05, 4.69) is 21.0 Å². The second-order valence-electron chi connectivity index (χ2n) is 2.98. The van der Waals surface area contributed by atoms with Crippen LogP contribution in [0.5, 0.6) is 0 Å². The highest BCUT2D eigenvalue weighted by Gasteiger charge is 2.16. The van der Waals surface area contributed by atoms with Crippen LogP contribution in [-0.4, -0.2) is 16.1 Å². The maximum absolute atomic E-state index is 10.7. The third-order valence-corrected chi connectivity index (χ3v) is 3.33. The first-order chi connectivity index (χ1) is 7.65. The summed E-state index contributed by atoms with van der Waals surface area (Å²) >= 11 is 15.2. The number of benzene rings is 1. The van der Waals surface area contributed by atoms with E-state index in [-0.39, 0.29) is 15.9 Å². The monoisotopic (exact) mass is 318 g/mol. The van der Waals surface area contributed by atoms with Gasteiger partial charge in [0.05, 0.1) is 11.3 Å². The summed E-state index contributed by atoms with van der Waals surface area (Å²) in [6.45, 7) is 0. The van der Waals surface area contributed by atoms with Crippen molar-refractivity contribution in [2.75, 3.05) is 0 Å². The van der Waals surface area contributed by atoms with Gasteiger partial charge in [-0.2, -0.15) is 5.10 Å². The predicted molar refractivity (Wildman–Crippen MR) is 66.7 cm³/mol. The van der Waals surface area contributed by atoms with Gasteiger partial charge < -0.3 is 0 Å². The Morgan fingerprint density at radius 1 is 1.31 bits per heavy atom. The Morgan fingerprint density at radius 3 is 2.56 bits per heavy atom. The molecule has 0 aliphatic rings. The fourth-order valence-corrected chi connectivity index (χ4v) is 2.24. The smallest absolute Gasteiger partial charge is 0.163 e. The molecule has 2 rings (SSSR count). The molecule has 1 heterocycles. The van der Waals surface area contributed by atoms with Crippen molar-refractivity contribution in [1.29, 1.82) is 0 Å². The summed E-state index contributed by atoms with van der Waals surface area (Å²) in [5.74, 6) is 0. The number of carbonyl (C=O) groups is 1. The van der Waals surface area contributed by atoms with Gasteiger partial charge in [0, 0.05) is 4.47 Å². The van der Waals surface area contributed by atoms with E-state index < -0.39 is 0 Å². The lowest BCUT2D eigenvalue weighted by molar-refractivity contribution is 0.112. The largest absolute Gasteiger partial charge is 0.298 e. The van der Waals surface area contributed by atoms with Crippen LogP contribution in [0.4, 0.5) is 0 Å². The van der Waals surface area contributed by atoms with Crippen molar-refractivity contribution in [3.63, 3.8) is 0 Å². The van der Waals surface area contributed by atoms with Crippen molar-refractivity contribution in [3.05, 3.63) is 44.6 Å². The maximum Gasteiger partial charge on any atom is 0.163 e. The first-order valence-corrected chi connectivity index (χ1v) is 5.84. The molecule has 6 heteroatoms. The molecule has 0 aliphatic carbocycles. The normalized spacial score (nSPS) is 10.4. The number of halogens is 3. The molecule has 0 aliphatic heterocycles. The lowest BCUT2D eigenvalue weighted by Crippen LogP contribution is -1.97. The second-order valence-corrected chi connectivity index (χ2v) is 4.55. The van der Waals surface area contributed by atoms with Crippen molar-refractivity contribution in [1.82, 2.24) is 9.78 Å². The standard InChI is InChI=1S/C10H5BrCl2N2O/c11-7-3-1-2-4-8(7)15-10(13)6(5-16)9(12)14-15/h1-5H. The highest BCUT2D eigenvalue weighted by molar-refractivity contribution is 9.10. The van der Waals surface area contributed by atoms with Crippen LogP contribution in [-0.2, 0) is 0 Å². The maximum atomic E-state index is 10.7. The van der Waals surface area contributed by atoms with Gasteiger partial charge in [-0.25, -0.2) is 4.68 Å². The van der Waals surface area contributed by atoms with Crippen molar-refractivity contribution >= 4 is 45.4 Å². The molecule has 16 heavy (non-hydrogen) atoms. The Kier molecular flexibility index (Phi) is 3.33. The Bertz CT molecular complexity index is 554. The van der Waals surface area contributed by atoms with Crippen LogP contribution in [0.1, 0.15) is 10.4 Å². The quantitative estimate of drug-likeness (QED) is 0.790. The molecule has 2 aromatic rings. The Balaban J connectivity index is 2.66. The van der Waals surface area contributed by atoms with Crippen LogP contribution in [0.15, 0.2) is 28.7 Å². The minimum absolute atomic E-state index is 0.0933. The first-order valence-electron chi connectivity index (χ1n) is 4.29. The number of aromatic nitrogens is 2. The van der Waals surface area contributed by atoms with E-state index in [0.29, 0.717) is 6.29 Å². The molecule has 0 amide bonds. The van der Waals surface area contributed by atoms with Gasteiger partial charge in [-0.1, -0.05) is 35.3 Å². The predicted octanol–water partition coefficient (Wildman–Crippen LogP) is 3.75. The van der Waals surface area contributed by atoms with Crippen LogP contribution in [0, 0.1) is 0 Å². The van der Waals surface area contributed by atoms with E-state index in [1.807, 2.05) is 24.3 Å². The number of rotatable bonds is 2. The molecule has 0 saturated carbocycles. The third kappa shape index (κ3) is 1.88. The zero-order valence-corrected chi connectivity index (χ0v) is 10.9. The first kappa shape index (κ1) is 11.6. The molecular formula is C10H5BrCl2N2O. The van der Waals surface area contributed by atoms with Gasteiger partial charge in [0.15, 0.2) is 11.4 Å². The summed E-state index contributed by atoms with van der Waals surface area (Å²) in [5, 5.41) is 4.30. The van der Waals surface area contributed by atoms with Crippen LogP contribution in [0.25, 0.3) is 5.69 Å². The topological polar surface area (TPSA) is 34.9 Å². The molecule has 0 radical (unpaired) electrons. The highest BCUT2D eigenvalue weighted by Crippen LogP contribution is 2.28. The number of carbonyl (C=O) groups excluding carboxylic acids is 1. The molecule has 0 N–H and O–H groups in total. The van der Waals surface area contributed by atoms with Gasteiger partial charge >= 0.3 is 0 Å². The summed E-state index contributed by atoms with van der Waals surface area (Å²) in [6, 6.07) is 7.37. The molecule has 0 saturated heterocycles. The van der Waals surface area contributed by atoms with E-state index >= 15 is 0 Å². The molecule has 0 unspecified atom stereocenters. The van der Waals surface area contributed by atoms with E-state index in [1.165, 1.54) is 4.68 Å². The Hall–Kier alpha value is -0.840. The van der Waals surface area contributed by atoms with Crippen LogP contribution < -0.4 is 0 Å². The number of aldehydes is 1. The number of hydrogen-bond donors (Lipinski definition) is 0. The van der Waals surface area contributed by atoms with Gasteiger partial charge in [-0.3, -0.25) is 4.79 Å². The molecule has 0 bridgehead atoms. The molecule has 1 aromatic carbocycles. The zero-order chi connectivity index (χ0) is 11.7. The lowest BCUT2D eigenvalue weighted by Gasteiger charge is -2.04. The fraction of sp³-hybridized carbons (Fsp3) is 0. The SMILES string of the molecule is O=Cc1c(Cl)nn(-c2ccccc2Br)c1Cl. The van der Waals surface area contributed by atoms with E-state index in [9.17, 15) is 4.79 Å². The van der Waals surface area contributed by atoms with E-state index in [1.54, 1.807) is 0 Å². The zero-order valence-electron chi connectivity index (χ0n) is 7.82. The third-order valence-electron chi connectivity index (χ3n) is 2.02. The van der Waals surface area contributed by atoms with Gasteiger partial charge in [0.25, 0.3) is 0 Å². The van der Waals surface area contributed by atoms with Crippen LogP contribution >= 0.6 is 39.1 Å². The minimum atomic E-state index is 0.0933. The number of nitrogens with zero attached hydrogens (tertiary/aromatic N) is 2. The van der Waals surface area contributed by atoms with E-state index in [0.717, 1.165) is 10.2 Å². The van der Waals surface area contributed by atoms with Crippen molar-refractivity contribution in [3.8, 4) is 5.69 Å². The molecule has 3 nitrogen and oxygen atoms in total. The summed E-state index contributed by atoms with van der Waals surface area (Å²) in [5.41, 5.74) is 0.918. The van der Waals surface area contributed by atoms with Crippen molar-refractivity contribution < 1.29 is 4.79 Å². The van der Waals surface area contributed by atoms with Crippen LogP contribution in [0.3, 0.4) is 0 Å².